The molecule has 1 aromatic rings. The van der Waals surface area contributed by atoms with E-state index < -0.39 is 12.2 Å². The minimum absolute atomic E-state index is 0.00247. The van der Waals surface area contributed by atoms with Crippen LogP contribution in [-0.4, -0.2) is 83.2 Å². The van der Waals surface area contributed by atoms with Crippen molar-refractivity contribution < 1.29 is 28.2 Å². The van der Waals surface area contributed by atoms with Crippen molar-refractivity contribution in [2.24, 2.45) is 11.8 Å². The molecule has 3 atom stereocenters. The molecule has 3 unspecified atom stereocenters. The van der Waals surface area contributed by atoms with Crippen LogP contribution in [0.25, 0.3) is 0 Å². The van der Waals surface area contributed by atoms with Crippen LogP contribution < -0.4 is 16.0 Å². The van der Waals surface area contributed by atoms with E-state index in [1.807, 2.05) is 18.0 Å². The average Bonchev–Trinajstić information content (AvgIpc) is 2.89. The van der Waals surface area contributed by atoms with Crippen molar-refractivity contribution in [3.05, 3.63) is 35.6 Å². The van der Waals surface area contributed by atoms with Crippen molar-refractivity contribution in [2.75, 3.05) is 60.2 Å². The minimum Gasteiger partial charge on any atom is -0.453 e. The first kappa shape index (κ1) is 28.1. The van der Waals surface area contributed by atoms with Gasteiger partial charge in [-0.1, -0.05) is 12.1 Å². The highest BCUT2D eigenvalue weighted by Gasteiger charge is 2.32. The number of halogens is 1. The summed E-state index contributed by atoms with van der Waals surface area (Å²) in [6.07, 6.45) is 3.75. The van der Waals surface area contributed by atoms with Gasteiger partial charge in [-0.3, -0.25) is 0 Å². The Morgan fingerprint density at radius 1 is 1.25 bits per heavy atom. The van der Waals surface area contributed by atoms with Gasteiger partial charge in [0.2, 0.25) is 0 Å². The molecule has 3 N–H and O–H groups in total. The molecule has 0 saturated carbocycles. The first-order valence-corrected chi connectivity index (χ1v) is 13.0. The van der Waals surface area contributed by atoms with Gasteiger partial charge < -0.3 is 35.1 Å². The van der Waals surface area contributed by atoms with Gasteiger partial charge in [0, 0.05) is 51.4 Å². The van der Waals surface area contributed by atoms with E-state index in [9.17, 15) is 14.0 Å². The predicted molar refractivity (Wildman–Crippen MR) is 134 cm³/mol. The Morgan fingerprint density at radius 2 is 2.06 bits per heavy atom. The Bertz CT molecular complexity index is 823. The van der Waals surface area contributed by atoms with Gasteiger partial charge in [0.25, 0.3) is 0 Å². The minimum atomic E-state index is -0.529. The monoisotopic (exact) mass is 508 g/mol. The third-order valence-corrected chi connectivity index (χ3v) is 6.94. The molecule has 2 saturated heterocycles. The number of nitrogens with one attached hydrogen (secondary N) is 3. The first-order chi connectivity index (χ1) is 17.5. The number of methoxy groups -OCH3 is 1. The van der Waals surface area contributed by atoms with Gasteiger partial charge in [-0.25, -0.2) is 14.0 Å². The maximum absolute atomic E-state index is 14.0. The highest BCUT2D eigenvalue weighted by molar-refractivity contribution is 5.74. The number of hydrogen-bond acceptors (Lipinski definition) is 6. The molecule has 36 heavy (non-hydrogen) atoms. The Labute approximate surface area is 213 Å². The fraction of sp³-hybridized carbons (Fsp3) is 0.692. The molecule has 0 spiro atoms. The molecule has 2 aliphatic heterocycles. The van der Waals surface area contributed by atoms with Crippen LogP contribution in [0.4, 0.5) is 14.0 Å². The third-order valence-electron chi connectivity index (χ3n) is 6.94. The molecular weight excluding hydrogens is 467 g/mol. The van der Waals surface area contributed by atoms with Gasteiger partial charge in [0.05, 0.1) is 19.8 Å². The summed E-state index contributed by atoms with van der Waals surface area (Å²) in [7, 11) is 3.20. The molecule has 0 aliphatic carbocycles. The molecule has 0 radical (unpaired) electrons. The smallest absolute Gasteiger partial charge is 0.406 e. The number of carbonyl (C=O) groups is 2. The van der Waals surface area contributed by atoms with Gasteiger partial charge in [-0.15, -0.1) is 0 Å². The number of rotatable bonds is 11. The van der Waals surface area contributed by atoms with Gasteiger partial charge in [-0.2, -0.15) is 0 Å². The zero-order chi connectivity index (χ0) is 25.8. The van der Waals surface area contributed by atoms with Crippen LogP contribution in [0.2, 0.25) is 0 Å². The molecule has 2 aliphatic rings. The van der Waals surface area contributed by atoms with Crippen LogP contribution in [0, 0.1) is 17.7 Å². The van der Waals surface area contributed by atoms with E-state index in [4.69, 9.17) is 9.47 Å². The first-order valence-electron chi connectivity index (χ1n) is 13.0. The maximum atomic E-state index is 14.0. The zero-order valence-corrected chi connectivity index (χ0v) is 21.5. The van der Waals surface area contributed by atoms with Gasteiger partial charge >= 0.3 is 12.1 Å². The van der Waals surface area contributed by atoms with Crippen LogP contribution in [-0.2, 0) is 14.2 Å². The van der Waals surface area contributed by atoms with Crippen LogP contribution in [0.15, 0.2) is 24.3 Å². The second-order valence-corrected chi connectivity index (χ2v) is 9.61. The predicted octanol–water partition coefficient (Wildman–Crippen LogP) is 3.07. The quantitative estimate of drug-likeness (QED) is 0.397. The van der Waals surface area contributed by atoms with Crippen molar-refractivity contribution in [1.82, 2.24) is 20.9 Å². The highest BCUT2D eigenvalue weighted by atomic mass is 19.1. The van der Waals surface area contributed by atoms with Crippen LogP contribution in [0.3, 0.4) is 0 Å². The highest BCUT2D eigenvalue weighted by Crippen LogP contribution is 2.33. The molecule has 202 valence electrons. The zero-order valence-electron chi connectivity index (χ0n) is 21.5. The van der Waals surface area contributed by atoms with Crippen LogP contribution in [0.5, 0.6) is 0 Å². The van der Waals surface area contributed by atoms with Crippen LogP contribution in [0.1, 0.15) is 43.8 Å². The fourth-order valence-corrected chi connectivity index (χ4v) is 5.13. The molecule has 9 nitrogen and oxygen atoms in total. The van der Waals surface area contributed by atoms with Gasteiger partial charge in [0.15, 0.2) is 0 Å². The lowest BCUT2D eigenvalue weighted by Crippen LogP contribution is -2.52. The average molecular weight is 509 g/mol. The number of likely N-dealkylation sites (tertiary alicyclic amines) is 1. The van der Waals surface area contributed by atoms with Crippen molar-refractivity contribution in [3.8, 4) is 0 Å². The van der Waals surface area contributed by atoms with E-state index >= 15 is 0 Å². The number of amides is 3. The number of piperidine rings is 1. The van der Waals surface area contributed by atoms with Crippen LogP contribution >= 0.6 is 0 Å². The van der Waals surface area contributed by atoms with Gasteiger partial charge in [-0.05, 0) is 62.8 Å². The van der Waals surface area contributed by atoms with Crippen molar-refractivity contribution in [3.63, 3.8) is 0 Å². The standard InChI is InChI=1S/C26H41FN4O5/c1-28-17-23(15-19-8-12-35-13-9-19)30-25(32)31-11-4-6-21(18-31)24(20-5-3-7-22(27)16-20)36-14-10-29-26(33)34-2/h3,5,7,16,19,21,23-24,28H,4,6,8-15,17-18H2,1-2H3,(H,29,33)(H,30,32). The molecule has 3 amide bonds. The Morgan fingerprint density at radius 3 is 2.78 bits per heavy atom. The number of ether oxygens (including phenoxy) is 3. The number of urea groups is 1. The second-order valence-electron chi connectivity index (χ2n) is 9.61. The molecule has 3 rings (SSSR count). The molecule has 0 aromatic heterocycles. The van der Waals surface area contributed by atoms with E-state index in [2.05, 4.69) is 20.7 Å². The number of hydrogen-bond donors (Lipinski definition) is 3. The number of carbonyl (C=O) groups excluding carboxylic acids is 2. The lowest BCUT2D eigenvalue weighted by atomic mass is 9.88. The lowest BCUT2D eigenvalue weighted by Gasteiger charge is -2.38. The third kappa shape index (κ3) is 8.90. The Kier molecular flexibility index (Phi) is 11.7. The van der Waals surface area contributed by atoms with E-state index in [1.165, 1.54) is 19.2 Å². The number of benzene rings is 1. The number of likely N-dealkylation sites (N-methyl/N-ethyl adjacent to an activating group) is 1. The van der Waals surface area contributed by atoms with Crippen molar-refractivity contribution in [2.45, 2.75) is 44.2 Å². The Hall–Kier alpha value is -2.43. The molecule has 10 heteroatoms. The number of nitrogens with zero attached hydrogens (tertiary/aromatic N) is 1. The van der Waals surface area contributed by atoms with E-state index in [0.717, 1.165) is 50.9 Å². The fourth-order valence-electron chi connectivity index (χ4n) is 5.13. The Balaban J connectivity index is 1.62. The van der Waals surface area contributed by atoms with Gasteiger partial charge in [0.1, 0.15) is 5.82 Å². The van der Waals surface area contributed by atoms with Crippen molar-refractivity contribution >= 4 is 12.1 Å². The molecule has 0 bridgehead atoms. The van der Waals surface area contributed by atoms with E-state index in [0.29, 0.717) is 25.6 Å². The second kappa shape index (κ2) is 15.0. The van der Waals surface area contributed by atoms with Crippen molar-refractivity contribution in [1.29, 1.82) is 0 Å². The molecule has 2 heterocycles. The topological polar surface area (TPSA) is 101 Å². The normalized spacial score (nSPS) is 20.4. The van der Waals surface area contributed by atoms with E-state index in [1.54, 1.807) is 6.07 Å². The van der Waals surface area contributed by atoms with E-state index in [-0.39, 0.29) is 37.0 Å². The summed E-state index contributed by atoms with van der Waals surface area (Å²) in [4.78, 5) is 26.5. The SMILES string of the molecule is CNCC(CC1CCOCC1)NC(=O)N1CCCC(C(OCCNC(=O)OC)c2cccc(F)c2)C1. The summed E-state index contributed by atoms with van der Waals surface area (Å²) < 4.78 is 30.2. The summed E-state index contributed by atoms with van der Waals surface area (Å²) in [5.74, 6) is 0.223. The summed E-state index contributed by atoms with van der Waals surface area (Å²) in [5, 5.41) is 9.04. The molecule has 2 fully saturated rings. The largest absolute Gasteiger partial charge is 0.453 e. The molecular formula is C26H41FN4O5. The number of alkyl carbamates (subject to hydrolysis) is 1. The summed E-state index contributed by atoms with van der Waals surface area (Å²) in [6.45, 7) is 3.99. The lowest BCUT2D eigenvalue weighted by molar-refractivity contribution is -0.00884. The molecule has 1 aromatic carbocycles. The summed E-state index contributed by atoms with van der Waals surface area (Å²) in [6, 6.07) is 6.37. The summed E-state index contributed by atoms with van der Waals surface area (Å²) in [5.41, 5.74) is 0.730. The maximum Gasteiger partial charge on any atom is 0.406 e. The summed E-state index contributed by atoms with van der Waals surface area (Å²) >= 11 is 0.